The number of hydrogen-bond acceptors (Lipinski definition) is 3. The lowest BCUT2D eigenvalue weighted by molar-refractivity contribution is 0.379. The van der Waals surface area contributed by atoms with E-state index in [0.717, 1.165) is 30.8 Å². The molecule has 1 aliphatic rings. The Morgan fingerprint density at radius 1 is 1.50 bits per heavy atom. The summed E-state index contributed by atoms with van der Waals surface area (Å²) < 4.78 is 2.12. The molecule has 0 spiro atoms. The first-order valence-electron chi connectivity index (χ1n) is 5.73. The Labute approximate surface area is 96.5 Å². The lowest BCUT2D eigenvalue weighted by Crippen LogP contribution is -2.18. The zero-order valence-corrected chi connectivity index (χ0v) is 10.2. The molecule has 2 heterocycles. The number of aryl methyl sites for hydroxylation is 1. The van der Waals surface area contributed by atoms with E-state index in [0.29, 0.717) is 12.5 Å². The van der Waals surface area contributed by atoms with Gasteiger partial charge in [-0.1, -0.05) is 0 Å². The van der Waals surface area contributed by atoms with Gasteiger partial charge in [-0.15, -0.1) is 0 Å². The molecule has 0 aromatic carbocycles. The molecule has 1 saturated heterocycles. The zero-order valence-electron chi connectivity index (χ0n) is 10.2. The first-order chi connectivity index (χ1) is 7.63. The largest absolute Gasteiger partial charge is 0.304 e. The highest BCUT2D eigenvalue weighted by atomic mass is 15.3. The molecule has 1 aromatic heterocycles. The number of rotatable bonds is 2. The maximum absolute atomic E-state index is 8.79. The molecule has 1 aliphatic heterocycles. The van der Waals surface area contributed by atoms with Crippen molar-refractivity contribution >= 4 is 0 Å². The van der Waals surface area contributed by atoms with Crippen LogP contribution in [0.3, 0.4) is 0 Å². The molecule has 4 heteroatoms. The molecule has 86 valence electrons. The van der Waals surface area contributed by atoms with Gasteiger partial charge in [0.05, 0.1) is 24.2 Å². The molecule has 16 heavy (non-hydrogen) atoms. The number of nitrogens with zero attached hydrogens (tertiary/aromatic N) is 4. The Balaban J connectivity index is 2.29. The Bertz CT molecular complexity index is 427. The molecule has 2 rings (SSSR count). The number of likely N-dealkylation sites (tertiary alicyclic amines) is 1. The first-order valence-corrected chi connectivity index (χ1v) is 5.73. The second kappa shape index (κ2) is 4.26. The Morgan fingerprint density at radius 3 is 2.81 bits per heavy atom. The van der Waals surface area contributed by atoms with E-state index in [1.807, 2.05) is 6.92 Å². The molecule has 0 aliphatic carbocycles. The van der Waals surface area contributed by atoms with Crippen LogP contribution in [0.25, 0.3) is 0 Å². The van der Waals surface area contributed by atoms with E-state index in [1.165, 1.54) is 5.69 Å². The molecule has 0 saturated carbocycles. The third-order valence-corrected chi connectivity index (χ3v) is 3.44. The molecule has 1 fully saturated rings. The van der Waals surface area contributed by atoms with Crippen LogP contribution < -0.4 is 0 Å². The fraction of sp³-hybridized carbons (Fsp3) is 0.667. The van der Waals surface area contributed by atoms with Crippen molar-refractivity contribution in [2.45, 2.75) is 32.7 Å². The van der Waals surface area contributed by atoms with Crippen molar-refractivity contribution in [3.63, 3.8) is 0 Å². The van der Waals surface area contributed by atoms with Crippen LogP contribution in [0.15, 0.2) is 0 Å². The quantitative estimate of drug-likeness (QED) is 0.754. The van der Waals surface area contributed by atoms with E-state index in [-0.39, 0.29) is 0 Å². The summed E-state index contributed by atoms with van der Waals surface area (Å²) in [6.45, 7) is 6.27. The van der Waals surface area contributed by atoms with Crippen molar-refractivity contribution in [1.29, 1.82) is 5.26 Å². The van der Waals surface area contributed by atoms with Crippen LogP contribution in [-0.2, 0) is 6.42 Å². The van der Waals surface area contributed by atoms with E-state index in [2.05, 4.69) is 34.7 Å². The van der Waals surface area contributed by atoms with Crippen molar-refractivity contribution in [2.24, 2.45) is 0 Å². The van der Waals surface area contributed by atoms with Crippen LogP contribution in [0.5, 0.6) is 0 Å². The van der Waals surface area contributed by atoms with Crippen LogP contribution in [0, 0.1) is 25.2 Å². The number of hydrogen-bond donors (Lipinski definition) is 0. The minimum atomic E-state index is 0.472. The highest BCUT2D eigenvalue weighted by Crippen LogP contribution is 2.24. The van der Waals surface area contributed by atoms with Crippen molar-refractivity contribution < 1.29 is 0 Å². The smallest absolute Gasteiger partial charge is 0.0671 e. The Kier molecular flexibility index (Phi) is 2.97. The van der Waals surface area contributed by atoms with Gasteiger partial charge in [-0.25, -0.2) is 0 Å². The van der Waals surface area contributed by atoms with Gasteiger partial charge in [0.15, 0.2) is 0 Å². The molecule has 0 N–H and O–H groups in total. The Hall–Kier alpha value is -1.34. The summed E-state index contributed by atoms with van der Waals surface area (Å²) in [5.74, 6) is 0. The van der Waals surface area contributed by atoms with E-state index < -0.39 is 0 Å². The number of likely N-dealkylation sites (N-methyl/N-ethyl adjacent to an activating group) is 1. The predicted molar refractivity (Wildman–Crippen MR) is 62.2 cm³/mol. The van der Waals surface area contributed by atoms with Gasteiger partial charge >= 0.3 is 0 Å². The van der Waals surface area contributed by atoms with Crippen LogP contribution in [0.2, 0.25) is 0 Å². The number of nitriles is 1. The lowest BCUT2D eigenvalue weighted by atomic mass is 10.1. The second-order valence-corrected chi connectivity index (χ2v) is 4.63. The van der Waals surface area contributed by atoms with Gasteiger partial charge < -0.3 is 4.90 Å². The maximum Gasteiger partial charge on any atom is 0.0671 e. The monoisotopic (exact) mass is 218 g/mol. The van der Waals surface area contributed by atoms with Crippen LogP contribution in [-0.4, -0.2) is 34.8 Å². The minimum absolute atomic E-state index is 0.472. The predicted octanol–water partition coefficient (Wildman–Crippen LogP) is 1.44. The van der Waals surface area contributed by atoms with Gasteiger partial charge in [0.2, 0.25) is 0 Å². The van der Waals surface area contributed by atoms with Gasteiger partial charge in [0.1, 0.15) is 0 Å². The third-order valence-electron chi connectivity index (χ3n) is 3.44. The molecular weight excluding hydrogens is 200 g/mol. The summed E-state index contributed by atoms with van der Waals surface area (Å²) in [6.07, 6.45) is 1.63. The molecule has 0 bridgehead atoms. The molecular formula is C12H18N4. The van der Waals surface area contributed by atoms with Gasteiger partial charge in [-0.05, 0) is 33.9 Å². The summed E-state index contributed by atoms with van der Waals surface area (Å²) in [5, 5.41) is 13.4. The summed E-state index contributed by atoms with van der Waals surface area (Å²) in [5.41, 5.74) is 3.28. The minimum Gasteiger partial charge on any atom is -0.304 e. The van der Waals surface area contributed by atoms with E-state index in [1.54, 1.807) is 0 Å². The molecule has 0 radical (unpaired) electrons. The third kappa shape index (κ3) is 1.83. The topological polar surface area (TPSA) is 44.9 Å². The maximum atomic E-state index is 8.79. The average molecular weight is 218 g/mol. The first kappa shape index (κ1) is 11.2. The summed E-state index contributed by atoms with van der Waals surface area (Å²) in [4.78, 5) is 2.32. The summed E-state index contributed by atoms with van der Waals surface area (Å²) in [6, 6.07) is 2.70. The van der Waals surface area contributed by atoms with Gasteiger partial charge in [0, 0.05) is 17.8 Å². The molecule has 1 atom stereocenters. The van der Waals surface area contributed by atoms with Crippen LogP contribution in [0.4, 0.5) is 0 Å². The van der Waals surface area contributed by atoms with E-state index in [9.17, 15) is 0 Å². The van der Waals surface area contributed by atoms with E-state index in [4.69, 9.17) is 5.26 Å². The highest BCUT2D eigenvalue weighted by molar-refractivity contribution is 5.27. The zero-order chi connectivity index (χ0) is 11.7. The van der Waals surface area contributed by atoms with Crippen molar-refractivity contribution in [1.82, 2.24) is 14.7 Å². The van der Waals surface area contributed by atoms with Gasteiger partial charge in [0.25, 0.3) is 0 Å². The van der Waals surface area contributed by atoms with Crippen molar-refractivity contribution in [3.05, 3.63) is 17.0 Å². The lowest BCUT2D eigenvalue weighted by Gasteiger charge is -2.13. The fourth-order valence-corrected chi connectivity index (χ4v) is 2.50. The van der Waals surface area contributed by atoms with Gasteiger partial charge in [-0.3, -0.25) is 4.68 Å². The molecule has 0 amide bonds. The highest BCUT2D eigenvalue weighted by Gasteiger charge is 2.24. The molecule has 4 nitrogen and oxygen atoms in total. The SMILES string of the molecule is Cc1nn(C2CCN(C)C2)c(C)c1CC#N. The summed E-state index contributed by atoms with van der Waals surface area (Å²) >= 11 is 0. The summed E-state index contributed by atoms with van der Waals surface area (Å²) in [7, 11) is 2.14. The van der Waals surface area contributed by atoms with E-state index >= 15 is 0 Å². The van der Waals surface area contributed by atoms with Crippen molar-refractivity contribution in [2.75, 3.05) is 20.1 Å². The average Bonchev–Trinajstić information content (AvgIpc) is 2.77. The van der Waals surface area contributed by atoms with Crippen LogP contribution >= 0.6 is 0 Å². The number of aromatic nitrogens is 2. The molecule has 1 aromatic rings. The fourth-order valence-electron chi connectivity index (χ4n) is 2.50. The molecule has 1 unspecified atom stereocenters. The second-order valence-electron chi connectivity index (χ2n) is 4.63. The Morgan fingerprint density at radius 2 is 2.25 bits per heavy atom. The van der Waals surface area contributed by atoms with Crippen LogP contribution in [0.1, 0.15) is 29.4 Å². The van der Waals surface area contributed by atoms with Crippen molar-refractivity contribution in [3.8, 4) is 6.07 Å². The normalized spacial score (nSPS) is 21.2. The standard InChI is InChI=1S/C12H18N4/c1-9-12(4-6-13)10(2)16(14-9)11-5-7-15(3)8-11/h11H,4-5,7-8H2,1-3H3. The van der Waals surface area contributed by atoms with Gasteiger partial charge in [-0.2, -0.15) is 10.4 Å².